The first-order valence-corrected chi connectivity index (χ1v) is 14.3. The van der Waals surface area contributed by atoms with Gasteiger partial charge in [-0.2, -0.15) is 0 Å². The third-order valence-electron chi connectivity index (χ3n) is 6.91. The maximum absolute atomic E-state index is 13.2. The number of nitrogens with one attached hydrogen (secondary N) is 2. The van der Waals surface area contributed by atoms with Crippen molar-refractivity contribution in [1.82, 2.24) is 30.1 Å². The Kier molecular flexibility index (Phi) is 6.70. The molecule has 6 N–H and O–H groups in total. The zero-order valence-corrected chi connectivity index (χ0v) is 22.7. The highest BCUT2D eigenvalue weighted by Gasteiger charge is 2.54. The van der Waals surface area contributed by atoms with E-state index in [1.165, 1.54) is 17.1 Å². The SMILES string of the molecule is Nc1nc(/C(=N/O)C(=O)N[C@@H]2C(=O)N3C(C(=O)O)=C(C=C4CCN(Cc5nc6ccccc6[nH]5)C4=O)CS[C@H]23)cs1. The van der Waals surface area contributed by atoms with Crippen molar-refractivity contribution in [2.75, 3.05) is 18.0 Å². The molecule has 0 saturated carbocycles. The summed E-state index contributed by atoms with van der Waals surface area (Å²) in [7, 11) is 0. The van der Waals surface area contributed by atoms with E-state index in [-0.39, 0.29) is 34.7 Å². The van der Waals surface area contributed by atoms with Crippen molar-refractivity contribution in [2.45, 2.75) is 24.4 Å². The van der Waals surface area contributed by atoms with Gasteiger partial charge in [-0.1, -0.05) is 17.3 Å². The van der Waals surface area contributed by atoms with E-state index >= 15 is 0 Å². The highest BCUT2D eigenvalue weighted by atomic mass is 32.2. The maximum Gasteiger partial charge on any atom is 0.352 e. The summed E-state index contributed by atoms with van der Waals surface area (Å²) < 4.78 is 0. The van der Waals surface area contributed by atoms with Crippen LogP contribution in [0.5, 0.6) is 0 Å². The normalized spacial score (nSPS) is 22.0. The van der Waals surface area contributed by atoms with Crippen LogP contribution in [0, 0.1) is 0 Å². The molecule has 6 rings (SSSR count). The number of thioether (sulfide) groups is 1. The number of para-hydroxylation sites is 2. The lowest BCUT2D eigenvalue weighted by Gasteiger charge is -2.49. The van der Waals surface area contributed by atoms with E-state index in [0.717, 1.165) is 27.3 Å². The second-order valence-electron chi connectivity index (χ2n) is 9.41. The van der Waals surface area contributed by atoms with Gasteiger partial charge < -0.3 is 31.2 Å². The maximum atomic E-state index is 13.2. The first kappa shape index (κ1) is 26.5. The number of hydrogen-bond acceptors (Lipinski definition) is 11. The van der Waals surface area contributed by atoms with Gasteiger partial charge in [0.1, 0.15) is 28.6 Å². The lowest BCUT2D eigenvalue weighted by atomic mass is 10.0. The molecule has 3 aliphatic rings. The quantitative estimate of drug-likeness (QED) is 0.0857. The number of carboxylic acid groups (broad SMARTS) is 1. The highest BCUT2D eigenvalue weighted by Crippen LogP contribution is 2.41. The summed E-state index contributed by atoms with van der Waals surface area (Å²) in [5, 5.41) is 25.7. The van der Waals surface area contributed by atoms with Crippen LogP contribution in [0.1, 0.15) is 17.9 Å². The number of thiazole rings is 1. The number of carbonyl (C=O) groups excluding carboxylic acids is 3. The average molecular weight is 595 g/mol. The first-order chi connectivity index (χ1) is 19.7. The van der Waals surface area contributed by atoms with Crippen LogP contribution >= 0.6 is 23.1 Å². The van der Waals surface area contributed by atoms with Crippen molar-refractivity contribution in [2.24, 2.45) is 5.16 Å². The molecule has 14 nitrogen and oxygen atoms in total. The van der Waals surface area contributed by atoms with E-state index in [2.05, 4.69) is 25.4 Å². The Balaban J connectivity index is 1.17. The molecule has 0 radical (unpaired) electrons. The van der Waals surface area contributed by atoms with Gasteiger partial charge in [-0.05, 0) is 30.2 Å². The van der Waals surface area contributed by atoms with Crippen LogP contribution in [0.15, 0.2) is 57.7 Å². The molecule has 0 unspecified atom stereocenters. The summed E-state index contributed by atoms with van der Waals surface area (Å²) in [5.41, 5.74) is 7.42. The number of anilines is 1. The van der Waals surface area contributed by atoms with Crippen LogP contribution in [-0.2, 0) is 25.7 Å². The Hall–Kier alpha value is -4.70. The zero-order chi connectivity index (χ0) is 28.8. The fraction of sp³-hybridized carbons (Fsp3) is 0.240. The molecular weight excluding hydrogens is 572 g/mol. The standard InChI is InChI=1S/C25H22N8O6S2/c26-25-29-15(10-41-25)17(31-39)20(34)30-18-22(36)33-19(24(37)38)12(9-40-23(18)33)7-11-5-6-32(21(11)35)8-16-27-13-3-1-2-4-14(13)28-16/h1-4,7,10,18,23,39H,5-6,8-9H2,(H2,26,29)(H,27,28)(H,30,34)(H,37,38)/b11-7?,31-17-/t18-,23-/m1/s1. The van der Waals surface area contributed by atoms with E-state index in [4.69, 9.17) is 5.73 Å². The van der Waals surface area contributed by atoms with Gasteiger partial charge in [0.15, 0.2) is 10.8 Å². The number of nitrogens with zero attached hydrogens (tertiary/aromatic N) is 5. The van der Waals surface area contributed by atoms with E-state index in [1.807, 2.05) is 24.3 Å². The predicted molar refractivity (Wildman–Crippen MR) is 149 cm³/mol. The molecule has 41 heavy (non-hydrogen) atoms. The molecule has 2 saturated heterocycles. The second-order valence-corrected chi connectivity index (χ2v) is 11.4. The number of β-lactam (4-membered cyclic amide) rings is 1. The van der Waals surface area contributed by atoms with Gasteiger partial charge >= 0.3 is 5.97 Å². The lowest BCUT2D eigenvalue weighted by molar-refractivity contribution is -0.150. The number of rotatable bonds is 7. The minimum atomic E-state index is -1.32. The summed E-state index contributed by atoms with van der Waals surface area (Å²) in [4.78, 5) is 65.5. The first-order valence-electron chi connectivity index (χ1n) is 12.3. The Bertz CT molecular complexity index is 1680. The number of hydrogen-bond donors (Lipinski definition) is 5. The number of nitrogen functional groups attached to an aromatic ring is 1. The average Bonchev–Trinajstić information content (AvgIpc) is 3.66. The minimum absolute atomic E-state index is 0.0445. The summed E-state index contributed by atoms with van der Waals surface area (Å²) in [6.45, 7) is 0.731. The molecule has 1 aromatic carbocycles. The number of amides is 3. The molecule has 3 aliphatic heterocycles. The number of allylic oxidation sites excluding steroid dienone is 1. The second kappa shape index (κ2) is 10.4. The van der Waals surface area contributed by atoms with Gasteiger partial charge in [0, 0.05) is 23.3 Å². The molecule has 210 valence electrons. The third kappa shape index (κ3) is 4.70. The monoisotopic (exact) mass is 594 g/mol. The van der Waals surface area contributed by atoms with Crippen molar-refractivity contribution in [3.05, 3.63) is 64.1 Å². The Morgan fingerprint density at radius 2 is 2.07 bits per heavy atom. The van der Waals surface area contributed by atoms with Crippen molar-refractivity contribution in [3.8, 4) is 0 Å². The number of aromatic nitrogens is 3. The molecule has 0 spiro atoms. The number of aromatic amines is 1. The molecule has 16 heteroatoms. The van der Waals surface area contributed by atoms with Gasteiger partial charge in [-0.15, -0.1) is 23.1 Å². The van der Waals surface area contributed by atoms with Crippen molar-refractivity contribution >= 4 is 68.7 Å². The predicted octanol–water partition coefficient (Wildman–Crippen LogP) is 0.877. The van der Waals surface area contributed by atoms with Crippen LogP contribution in [0.2, 0.25) is 0 Å². The summed E-state index contributed by atoms with van der Waals surface area (Å²) >= 11 is 2.30. The molecule has 0 bridgehead atoms. The fourth-order valence-corrected chi connectivity index (χ4v) is 6.85. The van der Waals surface area contributed by atoms with E-state index < -0.39 is 34.9 Å². The molecule has 3 aromatic rings. The molecule has 2 atom stereocenters. The van der Waals surface area contributed by atoms with Crippen molar-refractivity contribution in [1.29, 1.82) is 0 Å². The number of nitrogens with two attached hydrogens (primary N) is 1. The number of likely N-dealkylation sites (tertiary alicyclic amines) is 1. The Labute approximate surface area is 239 Å². The largest absolute Gasteiger partial charge is 0.477 e. The lowest BCUT2D eigenvalue weighted by Crippen LogP contribution is -2.71. The van der Waals surface area contributed by atoms with Gasteiger partial charge in [0.2, 0.25) is 5.91 Å². The van der Waals surface area contributed by atoms with Crippen LogP contribution in [0.4, 0.5) is 5.13 Å². The molecule has 5 heterocycles. The topological polar surface area (TPSA) is 207 Å². The van der Waals surface area contributed by atoms with Crippen LogP contribution in [-0.4, -0.2) is 88.2 Å². The van der Waals surface area contributed by atoms with Crippen molar-refractivity contribution in [3.63, 3.8) is 0 Å². The van der Waals surface area contributed by atoms with Crippen LogP contribution in [0.25, 0.3) is 11.0 Å². The van der Waals surface area contributed by atoms with E-state index in [1.54, 1.807) is 11.0 Å². The van der Waals surface area contributed by atoms with Gasteiger partial charge in [-0.3, -0.25) is 19.3 Å². The number of carboxylic acids is 1. The van der Waals surface area contributed by atoms with E-state index in [9.17, 15) is 29.5 Å². The molecule has 2 aromatic heterocycles. The Morgan fingerprint density at radius 3 is 2.78 bits per heavy atom. The van der Waals surface area contributed by atoms with Crippen LogP contribution in [0.3, 0.4) is 0 Å². The van der Waals surface area contributed by atoms with Crippen molar-refractivity contribution < 1.29 is 29.5 Å². The smallest absolute Gasteiger partial charge is 0.352 e. The number of aliphatic carboxylic acids is 1. The number of oxime groups is 1. The number of carbonyl (C=O) groups is 4. The van der Waals surface area contributed by atoms with Gasteiger partial charge in [0.25, 0.3) is 11.8 Å². The zero-order valence-electron chi connectivity index (χ0n) is 21.1. The fourth-order valence-electron chi connectivity index (χ4n) is 5.00. The van der Waals surface area contributed by atoms with E-state index in [0.29, 0.717) is 29.9 Å². The number of fused-ring (bicyclic) bond motifs is 2. The number of imidazole rings is 1. The molecule has 3 amide bonds. The third-order valence-corrected chi connectivity index (χ3v) is 8.88. The molecule has 0 aliphatic carbocycles. The molecule has 2 fully saturated rings. The van der Waals surface area contributed by atoms with Gasteiger partial charge in [0.05, 0.1) is 17.6 Å². The number of benzene rings is 1. The summed E-state index contributed by atoms with van der Waals surface area (Å²) in [6.07, 6.45) is 1.97. The summed E-state index contributed by atoms with van der Waals surface area (Å²) in [6, 6.07) is 6.51. The van der Waals surface area contributed by atoms with Gasteiger partial charge in [-0.25, -0.2) is 14.8 Å². The Morgan fingerprint density at radius 1 is 1.27 bits per heavy atom. The van der Waals surface area contributed by atoms with Crippen LogP contribution < -0.4 is 11.1 Å². The minimum Gasteiger partial charge on any atom is -0.477 e. The number of H-pyrrole nitrogens is 1. The highest BCUT2D eigenvalue weighted by molar-refractivity contribution is 8.00. The molecular formula is C25H22N8O6S2. The summed E-state index contributed by atoms with van der Waals surface area (Å²) in [5.74, 6) is -2.19.